The van der Waals surface area contributed by atoms with Gasteiger partial charge < -0.3 is 10.2 Å². The predicted molar refractivity (Wildman–Crippen MR) is 138 cm³/mol. The number of halogens is 1. The SMILES string of the molecule is O=C(CSCC(=O)N1CCC(c2nc(-c3ccc(Cl)c([N+](=O)[O-])c3)cs2)CC1)Nc1ccccn1. The Morgan fingerprint density at radius 1 is 1.23 bits per heavy atom. The number of thiazole rings is 1. The van der Waals surface area contributed by atoms with Crippen molar-refractivity contribution in [2.24, 2.45) is 0 Å². The van der Waals surface area contributed by atoms with Crippen molar-refractivity contribution in [3.05, 3.63) is 68.1 Å². The number of nitrogens with zero attached hydrogens (tertiary/aromatic N) is 4. The van der Waals surface area contributed by atoms with Gasteiger partial charge in [-0.15, -0.1) is 23.1 Å². The Kier molecular flexibility index (Phi) is 8.32. The molecule has 0 aliphatic carbocycles. The van der Waals surface area contributed by atoms with E-state index in [4.69, 9.17) is 16.6 Å². The van der Waals surface area contributed by atoms with E-state index < -0.39 is 4.92 Å². The number of anilines is 1. The van der Waals surface area contributed by atoms with E-state index in [1.807, 2.05) is 10.3 Å². The average molecular weight is 532 g/mol. The van der Waals surface area contributed by atoms with E-state index in [1.165, 1.54) is 35.2 Å². The normalized spacial score (nSPS) is 14.0. The molecule has 1 aliphatic heterocycles. The van der Waals surface area contributed by atoms with Gasteiger partial charge in [-0.05, 0) is 31.0 Å². The zero-order valence-electron chi connectivity index (χ0n) is 18.6. The third-order valence-corrected chi connectivity index (χ3v) is 7.79. The van der Waals surface area contributed by atoms with E-state index in [-0.39, 0.29) is 39.9 Å². The summed E-state index contributed by atoms with van der Waals surface area (Å²) in [4.78, 5) is 45.8. The van der Waals surface area contributed by atoms with Gasteiger partial charge in [-0.3, -0.25) is 19.7 Å². The first kappa shape index (κ1) is 25.1. The summed E-state index contributed by atoms with van der Waals surface area (Å²) in [6, 6.07) is 9.95. The maximum atomic E-state index is 12.6. The van der Waals surface area contributed by atoms with Crippen LogP contribution in [0, 0.1) is 10.1 Å². The Hall–Kier alpha value is -3.02. The van der Waals surface area contributed by atoms with Crippen LogP contribution in [0.4, 0.5) is 11.5 Å². The number of rotatable bonds is 8. The van der Waals surface area contributed by atoms with Gasteiger partial charge in [0.25, 0.3) is 5.69 Å². The van der Waals surface area contributed by atoms with Crippen molar-refractivity contribution in [3.63, 3.8) is 0 Å². The number of hydrogen-bond donors (Lipinski definition) is 1. The summed E-state index contributed by atoms with van der Waals surface area (Å²) in [5.74, 6) is 0.988. The number of thioether (sulfide) groups is 1. The van der Waals surface area contributed by atoms with Crippen LogP contribution in [0.2, 0.25) is 5.02 Å². The highest BCUT2D eigenvalue weighted by atomic mass is 35.5. The number of pyridine rings is 1. The maximum absolute atomic E-state index is 12.6. The molecule has 2 amide bonds. The number of piperidine rings is 1. The molecule has 1 aliphatic rings. The van der Waals surface area contributed by atoms with Crippen LogP contribution >= 0.6 is 34.7 Å². The van der Waals surface area contributed by atoms with E-state index in [1.54, 1.807) is 30.5 Å². The highest BCUT2D eigenvalue weighted by molar-refractivity contribution is 8.00. The van der Waals surface area contributed by atoms with Gasteiger partial charge in [-0.1, -0.05) is 23.7 Å². The minimum Gasteiger partial charge on any atom is -0.342 e. The van der Waals surface area contributed by atoms with Gasteiger partial charge >= 0.3 is 0 Å². The number of likely N-dealkylation sites (tertiary alicyclic amines) is 1. The van der Waals surface area contributed by atoms with Crippen LogP contribution in [0.5, 0.6) is 0 Å². The lowest BCUT2D eigenvalue weighted by molar-refractivity contribution is -0.384. The molecule has 0 unspecified atom stereocenters. The molecule has 1 saturated heterocycles. The van der Waals surface area contributed by atoms with Crippen LogP contribution in [-0.4, -0.2) is 56.2 Å². The van der Waals surface area contributed by atoms with Gasteiger partial charge in [0, 0.05) is 42.2 Å². The number of benzene rings is 1. The van der Waals surface area contributed by atoms with Crippen LogP contribution in [0.15, 0.2) is 48.0 Å². The molecule has 0 spiro atoms. The van der Waals surface area contributed by atoms with E-state index in [2.05, 4.69) is 10.3 Å². The summed E-state index contributed by atoms with van der Waals surface area (Å²) in [7, 11) is 0. The van der Waals surface area contributed by atoms with Gasteiger partial charge in [-0.25, -0.2) is 9.97 Å². The van der Waals surface area contributed by atoms with Crippen LogP contribution in [0.1, 0.15) is 23.8 Å². The molecule has 0 saturated carbocycles. The molecule has 12 heteroatoms. The molecule has 35 heavy (non-hydrogen) atoms. The summed E-state index contributed by atoms with van der Waals surface area (Å²) in [5.41, 5.74) is 1.20. The Bertz CT molecular complexity index is 1220. The zero-order valence-corrected chi connectivity index (χ0v) is 20.9. The van der Waals surface area contributed by atoms with Gasteiger partial charge in [-0.2, -0.15) is 0 Å². The van der Waals surface area contributed by atoms with E-state index in [9.17, 15) is 19.7 Å². The zero-order chi connectivity index (χ0) is 24.8. The van der Waals surface area contributed by atoms with E-state index >= 15 is 0 Å². The third kappa shape index (κ3) is 6.56. The third-order valence-electron chi connectivity index (χ3n) is 5.55. The molecule has 0 radical (unpaired) electrons. The fraction of sp³-hybridized carbons (Fsp3) is 0.304. The Morgan fingerprint density at radius 3 is 2.74 bits per heavy atom. The minimum atomic E-state index is -0.503. The predicted octanol–water partition coefficient (Wildman–Crippen LogP) is 4.84. The molecular weight excluding hydrogens is 510 g/mol. The molecule has 1 aromatic carbocycles. The molecule has 1 fully saturated rings. The molecule has 2 aromatic heterocycles. The van der Waals surface area contributed by atoms with Crippen molar-refractivity contribution < 1.29 is 14.5 Å². The average Bonchev–Trinajstić information content (AvgIpc) is 3.35. The first-order chi connectivity index (χ1) is 16.9. The highest BCUT2D eigenvalue weighted by Crippen LogP contribution is 2.35. The second-order valence-corrected chi connectivity index (χ2v) is 10.2. The van der Waals surface area contributed by atoms with Gasteiger partial charge in [0.05, 0.1) is 27.1 Å². The van der Waals surface area contributed by atoms with Gasteiger partial charge in [0.1, 0.15) is 10.8 Å². The van der Waals surface area contributed by atoms with Gasteiger partial charge in [0.2, 0.25) is 11.8 Å². The second kappa shape index (κ2) is 11.6. The summed E-state index contributed by atoms with van der Waals surface area (Å²) >= 11 is 8.72. The number of amides is 2. The topological polar surface area (TPSA) is 118 Å². The fourth-order valence-electron chi connectivity index (χ4n) is 3.73. The maximum Gasteiger partial charge on any atom is 0.288 e. The largest absolute Gasteiger partial charge is 0.342 e. The Morgan fingerprint density at radius 2 is 2.03 bits per heavy atom. The van der Waals surface area contributed by atoms with Crippen LogP contribution in [-0.2, 0) is 9.59 Å². The number of carbonyl (C=O) groups excluding carboxylic acids is 2. The minimum absolute atomic E-state index is 0.0207. The molecule has 4 rings (SSSR count). The smallest absolute Gasteiger partial charge is 0.288 e. The van der Waals surface area contributed by atoms with Gasteiger partial charge in [0.15, 0.2) is 0 Å². The lowest BCUT2D eigenvalue weighted by Gasteiger charge is -2.31. The van der Waals surface area contributed by atoms with Crippen molar-refractivity contribution in [3.8, 4) is 11.3 Å². The van der Waals surface area contributed by atoms with Crippen LogP contribution < -0.4 is 5.32 Å². The first-order valence-electron chi connectivity index (χ1n) is 10.9. The quantitative estimate of drug-likeness (QED) is 0.326. The number of nitrogens with one attached hydrogen (secondary N) is 1. The molecular formula is C23H22ClN5O4S2. The molecule has 0 bridgehead atoms. The lowest BCUT2D eigenvalue weighted by atomic mass is 9.97. The summed E-state index contributed by atoms with van der Waals surface area (Å²) < 4.78 is 0. The number of nitro groups is 1. The molecule has 9 nitrogen and oxygen atoms in total. The second-order valence-electron chi connectivity index (χ2n) is 7.91. The summed E-state index contributed by atoms with van der Waals surface area (Å²) in [6.45, 7) is 1.26. The number of carbonyl (C=O) groups is 2. The van der Waals surface area contributed by atoms with Crippen molar-refractivity contribution in [2.45, 2.75) is 18.8 Å². The lowest BCUT2D eigenvalue weighted by Crippen LogP contribution is -2.39. The number of nitro benzene ring substituents is 1. The van der Waals surface area contributed by atoms with E-state index in [0.717, 1.165) is 17.8 Å². The molecule has 1 N–H and O–H groups in total. The van der Waals surface area contributed by atoms with Crippen molar-refractivity contribution >= 4 is 58.0 Å². The van der Waals surface area contributed by atoms with Crippen LogP contribution in [0.25, 0.3) is 11.3 Å². The fourth-order valence-corrected chi connectivity index (χ4v) is 5.64. The molecule has 182 valence electrons. The number of hydrogen-bond acceptors (Lipinski definition) is 8. The van der Waals surface area contributed by atoms with Crippen LogP contribution in [0.3, 0.4) is 0 Å². The first-order valence-corrected chi connectivity index (χ1v) is 13.3. The Balaban J connectivity index is 1.24. The van der Waals surface area contributed by atoms with Crippen molar-refractivity contribution in [2.75, 3.05) is 29.9 Å². The summed E-state index contributed by atoms with van der Waals surface area (Å²) in [5, 5.41) is 16.8. The monoisotopic (exact) mass is 531 g/mol. The summed E-state index contributed by atoms with van der Waals surface area (Å²) in [6.07, 6.45) is 3.20. The highest BCUT2D eigenvalue weighted by Gasteiger charge is 2.26. The molecule has 3 aromatic rings. The van der Waals surface area contributed by atoms with E-state index in [0.29, 0.717) is 30.2 Å². The number of aromatic nitrogens is 2. The molecule has 3 heterocycles. The van der Waals surface area contributed by atoms with Crippen molar-refractivity contribution in [1.29, 1.82) is 0 Å². The van der Waals surface area contributed by atoms with Crippen molar-refractivity contribution in [1.82, 2.24) is 14.9 Å². The Labute approximate surface area is 215 Å². The standard InChI is InChI=1S/C23H22ClN5O4S2/c24-17-5-4-16(11-19(17)29(32)33)18-12-35-23(26-18)15-6-9-28(10-7-15)22(31)14-34-13-21(30)27-20-3-1-2-8-25-20/h1-5,8,11-12,15H,6-7,9-10,13-14H2,(H,25,27,30). The molecule has 0 atom stereocenters.